The number of para-hydroxylation sites is 1. The van der Waals surface area contributed by atoms with Crippen molar-refractivity contribution in [1.82, 2.24) is 10.2 Å². The molecule has 0 radical (unpaired) electrons. The number of carbonyl (C=O) groups excluding carboxylic acids is 1. The number of amides is 1. The van der Waals surface area contributed by atoms with Crippen LogP contribution < -0.4 is 10.1 Å². The molecule has 128 valence electrons. The normalized spacial score (nSPS) is 22.1. The van der Waals surface area contributed by atoms with E-state index in [-0.39, 0.29) is 24.0 Å². The number of aliphatic hydroxyl groups excluding tert-OH is 1. The molecule has 5 heteroatoms. The van der Waals surface area contributed by atoms with Crippen LogP contribution in [0.25, 0.3) is 0 Å². The highest BCUT2D eigenvalue weighted by molar-refractivity contribution is 5.81. The van der Waals surface area contributed by atoms with E-state index >= 15 is 0 Å². The van der Waals surface area contributed by atoms with E-state index in [1.807, 2.05) is 43.1 Å². The van der Waals surface area contributed by atoms with Crippen LogP contribution in [-0.2, 0) is 11.3 Å². The van der Waals surface area contributed by atoms with Crippen molar-refractivity contribution < 1.29 is 14.6 Å². The summed E-state index contributed by atoms with van der Waals surface area (Å²) < 4.78 is 5.30. The van der Waals surface area contributed by atoms with Crippen LogP contribution in [0.15, 0.2) is 24.3 Å². The van der Waals surface area contributed by atoms with Gasteiger partial charge in [-0.05, 0) is 38.8 Å². The van der Waals surface area contributed by atoms with E-state index < -0.39 is 0 Å². The molecule has 1 aliphatic rings. The number of aliphatic hydroxyl groups is 1. The van der Waals surface area contributed by atoms with Gasteiger partial charge in [0.2, 0.25) is 5.91 Å². The second-order valence-corrected chi connectivity index (χ2v) is 6.40. The van der Waals surface area contributed by atoms with Crippen molar-refractivity contribution >= 4 is 5.91 Å². The van der Waals surface area contributed by atoms with Gasteiger partial charge in [0.05, 0.1) is 19.3 Å². The van der Waals surface area contributed by atoms with Crippen LogP contribution in [-0.4, -0.2) is 48.8 Å². The first-order valence-electron chi connectivity index (χ1n) is 8.30. The van der Waals surface area contributed by atoms with Crippen LogP contribution in [0.1, 0.15) is 31.7 Å². The number of methoxy groups -OCH3 is 1. The summed E-state index contributed by atoms with van der Waals surface area (Å²) in [5, 5.41) is 12.9. The number of benzene rings is 1. The molecule has 23 heavy (non-hydrogen) atoms. The zero-order valence-corrected chi connectivity index (χ0v) is 14.3. The van der Waals surface area contributed by atoms with Crippen LogP contribution in [0.3, 0.4) is 0 Å². The Morgan fingerprint density at radius 1 is 1.43 bits per heavy atom. The SMILES string of the molecule is COc1ccccc1CNC(=O)C(C)N(C)CC1CCCC1O. The highest BCUT2D eigenvalue weighted by Gasteiger charge is 2.28. The second kappa shape index (κ2) is 8.31. The predicted octanol–water partition coefficient (Wildman–Crippen LogP) is 1.79. The maximum absolute atomic E-state index is 12.4. The Labute approximate surface area is 138 Å². The lowest BCUT2D eigenvalue weighted by Gasteiger charge is -2.28. The van der Waals surface area contributed by atoms with Gasteiger partial charge in [-0.2, -0.15) is 0 Å². The van der Waals surface area contributed by atoms with Crippen molar-refractivity contribution in [2.45, 2.75) is 44.9 Å². The molecule has 5 nitrogen and oxygen atoms in total. The number of likely N-dealkylation sites (N-methyl/N-ethyl adjacent to an activating group) is 1. The van der Waals surface area contributed by atoms with Gasteiger partial charge in [0.15, 0.2) is 0 Å². The van der Waals surface area contributed by atoms with Gasteiger partial charge in [-0.15, -0.1) is 0 Å². The molecule has 0 heterocycles. The third kappa shape index (κ3) is 4.69. The number of hydrogen-bond donors (Lipinski definition) is 2. The van der Waals surface area contributed by atoms with E-state index in [2.05, 4.69) is 5.32 Å². The standard InChI is InChI=1S/C18H28N2O3/c1-13(20(2)12-15-8-6-9-16(15)21)18(22)19-11-14-7-4-5-10-17(14)23-3/h4-5,7,10,13,15-16,21H,6,8-9,11-12H2,1-3H3,(H,19,22). The van der Waals surface area contributed by atoms with Gasteiger partial charge >= 0.3 is 0 Å². The first kappa shape index (κ1) is 17.8. The highest BCUT2D eigenvalue weighted by atomic mass is 16.5. The summed E-state index contributed by atoms with van der Waals surface area (Å²) in [7, 11) is 3.57. The summed E-state index contributed by atoms with van der Waals surface area (Å²) in [6, 6.07) is 7.45. The predicted molar refractivity (Wildman–Crippen MR) is 90.3 cm³/mol. The van der Waals surface area contributed by atoms with Gasteiger partial charge in [-0.3, -0.25) is 9.69 Å². The van der Waals surface area contributed by atoms with Crippen LogP contribution in [0, 0.1) is 5.92 Å². The zero-order chi connectivity index (χ0) is 16.8. The third-order valence-electron chi connectivity index (χ3n) is 4.83. The molecule has 1 aliphatic carbocycles. The third-order valence-corrected chi connectivity index (χ3v) is 4.83. The lowest BCUT2D eigenvalue weighted by atomic mass is 10.0. The van der Waals surface area contributed by atoms with Crippen molar-refractivity contribution in [3.63, 3.8) is 0 Å². The lowest BCUT2D eigenvalue weighted by molar-refractivity contribution is -0.125. The maximum atomic E-state index is 12.4. The Kier molecular flexibility index (Phi) is 6.42. The summed E-state index contributed by atoms with van der Waals surface area (Å²) in [5.41, 5.74) is 0.962. The Morgan fingerprint density at radius 2 is 2.17 bits per heavy atom. The summed E-state index contributed by atoms with van der Waals surface area (Å²) in [4.78, 5) is 14.4. The topological polar surface area (TPSA) is 61.8 Å². The van der Waals surface area contributed by atoms with Crippen LogP contribution >= 0.6 is 0 Å². The molecule has 3 atom stereocenters. The molecule has 0 spiro atoms. The molecular weight excluding hydrogens is 292 g/mol. The average Bonchev–Trinajstić information content (AvgIpc) is 2.96. The fraction of sp³-hybridized carbons (Fsp3) is 0.611. The first-order valence-corrected chi connectivity index (χ1v) is 8.30. The van der Waals surface area contributed by atoms with Gasteiger partial charge in [-0.25, -0.2) is 0 Å². The van der Waals surface area contributed by atoms with Gasteiger partial charge in [-0.1, -0.05) is 24.6 Å². The van der Waals surface area contributed by atoms with Gasteiger partial charge < -0.3 is 15.2 Å². The Hall–Kier alpha value is -1.59. The Morgan fingerprint density at radius 3 is 2.83 bits per heavy atom. The molecule has 1 saturated carbocycles. The van der Waals surface area contributed by atoms with Crippen molar-refractivity contribution in [2.75, 3.05) is 20.7 Å². The number of nitrogens with one attached hydrogen (secondary N) is 1. The molecule has 3 unspecified atom stereocenters. The van der Waals surface area contributed by atoms with Crippen LogP contribution in [0.2, 0.25) is 0 Å². The molecular formula is C18H28N2O3. The summed E-state index contributed by atoms with van der Waals surface area (Å²) in [5.74, 6) is 1.05. The number of hydrogen-bond acceptors (Lipinski definition) is 4. The fourth-order valence-corrected chi connectivity index (χ4v) is 3.14. The quantitative estimate of drug-likeness (QED) is 0.804. The lowest BCUT2D eigenvalue weighted by Crippen LogP contribution is -2.45. The van der Waals surface area contributed by atoms with Crippen molar-refractivity contribution in [2.24, 2.45) is 5.92 Å². The molecule has 0 aliphatic heterocycles. The molecule has 1 aromatic rings. The van der Waals surface area contributed by atoms with Crippen LogP contribution in [0.5, 0.6) is 5.75 Å². The number of carbonyl (C=O) groups is 1. The fourth-order valence-electron chi connectivity index (χ4n) is 3.14. The second-order valence-electron chi connectivity index (χ2n) is 6.40. The van der Waals surface area contributed by atoms with Crippen molar-refractivity contribution in [3.05, 3.63) is 29.8 Å². The highest BCUT2D eigenvalue weighted by Crippen LogP contribution is 2.26. The summed E-state index contributed by atoms with van der Waals surface area (Å²) in [6.07, 6.45) is 2.78. The molecule has 0 bridgehead atoms. The molecule has 0 saturated heterocycles. The van der Waals surface area contributed by atoms with E-state index in [0.717, 1.165) is 37.1 Å². The number of ether oxygens (including phenoxy) is 1. The molecule has 0 aromatic heterocycles. The van der Waals surface area contributed by atoms with Crippen molar-refractivity contribution in [1.29, 1.82) is 0 Å². The minimum Gasteiger partial charge on any atom is -0.496 e. The summed E-state index contributed by atoms with van der Waals surface area (Å²) >= 11 is 0. The number of rotatable bonds is 7. The van der Waals surface area contributed by atoms with Gasteiger partial charge in [0, 0.05) is 18.7 Å². The van der Waals surface area contributed by atoms with Gasteiger partial charge in [0.1, 0.15) is 5.75 Å². The Bertz CT molecular complexity index is 521. The number of nitrogens with zero attached hydrogens (tertiary/aromatic N) is 1. The van der Waals surface area contributed by atoms with E-state index in [4.69, 9.17) is 4.74 Å². The molecule has 2 N–H and O–H groups in total. The minimum atomic E-state index is -0.225. The average molecular weight is 320 g/mol. The maximum Gasteiger partial charge on any atom is 0.237 e. The molecule has 1 fully saturated rings. The molecule has 1 aromatic carbocycles. The monoisotopic (exact) mass is 320 g/mol. The first-order chi connectivity index (χ1) is 11.0. The van der Waals surface area contributed by atoms with Crippen molar-refractivity contribution in [3.8, 4) is 5.75 Å². The largest absolute Gasteiger partial charge is 0.496 e. The molecule has 1 amide bonds. The van der Waals surface area contributed by atoms with E-state index in [1.165, 1.54) is 0 Å². The van der Waals surface area contributed by atoms with E-state index in [9.17, 15) is 9.90 Å². The van der Waals surface area contributed by atoms with E-state index in [0.29, 0.717) is 6.54 Å². The van der Waals surface area contributed by atoms with E-state index in [1.54, 1.807) is 7.11 Å². The van der Waals surface area contributed by atoms with Crippen LogP contribution in [0.4, 0.5) is 0 Å². The summed E-state index contributed by atoms with van der Waals surface area (Å²) in [6.45, 7) is 3.11. The Balaban J connectivity index is 1.84. The zero-order valence-electron chi connectivity index (χ0n) is 14.3. The molecule has 2 rings (SSSR count). The van der Waals surface area contributed by atoms with Gasteiger partial charge in [0.25, 0.3) is 0 Å². The minimum absolute atomic E-state index is 0.00843. The smallest absolute Gasteiger partial charge is 0.237 e.